The van der Waals surface area contributed by atoms with E-state index in [4.69, 9.17) is 18.9 Å². The molecule has 0 bridgehead atoms. The fourth-order valence-corrected chi connectivity index (χ4v) is 2.27. The van der Waals surface area contributed by atoms with Crippen molar-refractivity contribution in [1.82, 2.24) is 0 Å². The van der Waals surface area contributed by atoms with Gasteiger partial charge in [0.05, 0.1) is 20.8 Å². The van der Waals surface area contributed by atoms with Crippen molar-refractivity contribution < 1.29 is 28.5 Å². The minimum absolute atomic E-state index is 0.00523. The zero-order chi connectivity index (χ0) is 17.4. The molecule has 0 fully saturated rings. The maximum atomic E-state index is 11.6. The van der Waals surface area contributed by atoms with E-state index in [2.05, 4.69) is 0 Å². The van der Waals surface area contributed by atoms with Crippen molar-refractivity contribution in [3.63, 3.8) is 0 Å². The summed E-state index contributed by atoms with van der Waals surface area (Å²) in [5, 5.41) is 0. The van der Waals surface area contributed by atoms with Crippen LogP contribution in [0, 0.1) is 5.92 Å². The highest BCUT2D eigenvalue weighted by molar-refractivity contribution is 5.71. The number of methoxy groups -OCH3 is 2. The van der Waals surface area contributed by atoms with Crippen molar-refractivity contribution in [3.05, 3.63) is 17.7 Å². The number of benzene rings is 1. The Labute approximate surface area is 136 Å². The third-order valence-electron chi connectivity index (χ3n) is 3.22. The molecule has 0 aromatic heterocycles. The Hall–Kier alpha value is -2.24. The first-order valence-corrected chi connectivity index (χ1v) is 7.50. The van der Waals surface area contributed by atoms with Gasteiger partial charge in [0.1, 0.15) is 17.2 Å². The van der Waals surface area contributed by atoms with Gasteiger partial charge in [-0.2, -0.15) is 0 Å². The summed E-state index contributed by atoms with van der Waals surface area (Å²) in [4.78, 5) is 22.9. The van der Waals surface area contributed by atoms with Crippen molar-refractivity contribution >= 4 is 11.9 Å². The molecular formula is C17H24O6. The highest BCUT2D eigenvalue weighted by Gasteiger charge is 2.19. The van der Waals surface area contributed by atoms with Crippen LogP contribution in [0.4, 0.5) is 0 Å². The lowest BCUT2D eigenvalue weighted by molar-refractivity contribution is -0.144. The second-order valence-corrected chi connectivity index (χ2v) is 5.22. The summed E-state index contributed by atoms with van der Waals surface area (Å²) in [6.07, 6.45) is 0.789. The maximum Gasteiger partial charge on any atom is 0.308 e. The van der Waals surface area contributed by atoms with Gasteiger partial charge in [0.2, 0.25) is 0 Å². The average molecular weight is 324 g/mol. The van der Waals surface area contributed by atoms with Crippen molar-refractivity contribution in [2.24, 2.45) is 5.92 Å². The smallest absolute Gasteiger partial charge is 0.308 e. The average Bonchev–Trinajstić information content (AvgIpc) is 2.48. The number of carbonyl (C=O) groups excluding carboxylic acids is 2. The molecule has 0 heterocycles. The molecule has 128 valence electrons. The van der Waals surface area contributed by atoms with Crippen LogP contribution in [0.25, 0.3) is 0 Å². The van der Waals surface area contributed by atoms with Gasteiger partial charge in [0.15, 0.2) is 0 Å². The first kappa shape index (κ1) is 18.8. The zero-order valence-corrected chi connectivity index (χ0v) is 14.3. The Kier molecular flexibility index (Phi) is 7.38. The number of esters is 2. The Morgan fingerprint density at radius 3 is 2.30 bits per heavy atom. The van der Waals surface area contributed by atoms with Gasteiger partial charge < -0.3 is 18.9 Å². The Bertz CT molecular complexity index is 552. The molecule has 0 saturated carbocycles. The van der Waals surface area contributed by atoms with Crippen LogP contribution in [-0.4, -0.2) is 32.8 Å². The first-order valence-electron chi connectivity index (χ1n) is 7.50. The van der Waals surface area contributed by atoms with E-state index < -0.39 is 5.97 Å². The predicted molar refractivity (Wildman–Crippen MR) is 85.0 cm³/mol. The fourth-order valence-electron chi connectivity index (χ4n) is 2.27. The van der Waals surface area contributed by atoms with Gasteiger partial charge in [-0.25, -0.2) is 0 Å². The van der Waals surface area contributed by atoms with E-state index in [-0.39, 0.29) is 18.3 Å². The van der Waals surface area contributed by atoms with Crippen LogP contribution in [0.2, 0.25) is 0 Å². The van der Waals surface area contributed by atoms with Crippen LogP contribution < -0.4 is 14.2 Å². The number of rotatable bonds is 8. The molecule has 0 radical (unpaired) electrons. The number of ether oxygens (including phenoxy) is 4. The second-order valence-electron chi connectivity index (χ2n) is 5.22. The molecule has 1 unspecified atom stereocenters. The third-order valence-corrected chi connectivity index (χ3v) is 3.22. The van der Waals surface area contributed by atoms with Gasteiger partial charge in [-0.1, -0.05) is 6.92 Å². The molecule has 0 aliphatic heterocycles. The summed E-state index contributed by atoms with van der Waals surface area (Å²) < 4.78 is 20.8. The summed E-state index contributed by atoms with van der Waals surface area (Å²) in [5.41, 5.74) is 0.722. The van der Waals surface area contributed by atoms with Crippen LogP contribution in [0.15, 0.2) is 12.1 Å². The van der Waals surface area contributed by atoms with E-state index >= 15 is 0 Å². The van der Waals surface area contributed by atoms with Crippen molar-refractivity contribution in [2.75, 3.05) is 20.8 Å². The SMILES string of the molecule is CCOC(=O)CC(C)Cc1c(OC)cc(OC)cc1OC(C)=O. The largest absolute Gasteiger partial charge is 0.496 e. The molecule has 1 aromatic carbocycles. The molecule has 0 saturated heterocycles. The summed E-state index contributed by atoms with van der Waals surface area (Å²) in [6, 6.07) is 3.36. The molecule has 6 nitrogen and oxygen atoms in total. The second kappa shape index (κ2) is 9.02. The van der Waals surface area contributed by atoms with Crippen molar-refractivity contribution in [3.8, 4) is 17.2 Å². The van der Waals surface area contributed by atoms with Crippen LogP contribution in [0.5, 0.6) is 17.2 Å². The van der Waals surface area contributed by atoms with E-state index in [1.165, 1.54) is 21.1 Å². The lowest BCUT2D eigenvalue weighted by Crippen LogP contribution is -2.13. The maximum absolute atomic E-state index is 11.6. The van der Waals surface area contributed by atoms with Crippen molar-refractivity contribution in [1.29, 1.82) is 0 Å². The minimum atomic E-state index is -0.431. The molecular weight excluding hydrogens is 300 g/mol. The highest BCUT2D eigenvalue weighted by atomic mass is 16.5. The molecule has 0 spiro atoms. The highest BCUT2D eigenvalue weighted by Crippen LogP contribution is 2.36. The van der Waals surface area contributed by atoms with E-state index in [0.717, 1.165) is 5.56 Å². The van der Waals surface area contributed by atoms with E-state index in [1.54, 1.807) is 19.1 Å². The molecule has 0 amide bonds. The van der Waals surface area contributed by atoms with Gasteiger partial charge in [-0.05, 0) is 19.3 Å². The first-order chi connectivity index (χ1) is 10.9. The fraction of sp³-hybridized carbons (Fsp3) is 0.529. The molecule has 1 atom stereocenters. The van der Waals surface area contributed by atoms with Gasteiger partial charge in [-0.15, -0.1) is 0 Å². The Morgan fingerprint density at radius 1 is 1.13 bits per heavy atom. The third kappa shape index (κ3) is 5.81. The zero-order valence-electron chi connectivity index (χ0n) is 14.3. The van der Waals surface area contributed by atoms with Crippen LogP contribution in [0.1, 0.15) is 32.8 Å². The molecule has 0 N–H and O–H groups in total. The molecule has 6 heteroatoms. The lowest BCUT2D eigenvalue weighted by atomic mass is 9.96. The summed E-state index contributed by atoms with van der Waals surface area (Å²) >= 11 is 0. The number of hydrogen-bond acceptors (Lipinski definition) is 6. The van der Waals surface area contributed by atoms with Crippen LogP contribution in [-0.2, 0) is 20.7 Å². The summed E-state index contributed by atoms with van der Waals surface area (Å²) in [7, 11) is 3.06. The van der Waals surface area contributed by atoms with E-state index in [0.29, 0.717) is 30.3 Å². The Morgan fingerprint density at radius 2 is 1.78 bits per heavy atom. The van der Waals surface area contributed by atoms with E-state index in [1.807, 2.05) is 6.92 Å². The predicted octanol–water partition coefficient (Wildman–Crippen LogP) is 2.76. The van der Waals surface area contributed by atoms with Gasteiger partial charge in [0.25, 0.3) is 0 Å². The van der Waals surface area contributed by atoms with Gasteiger partial charge >= 0.3 is 11.9 Å². The molecule has 1 aromatic rings. The van der Waals surface area contributed by atoms with Crippen LogP contribution in [0.3, 0.4) is 0 Å². The Balaban J connectivity index is 3.06. The number of carbonyl (C=O) groups is 2. The minimum Gasteiger partial charge on any atom is -0.496 e. The number of hydrogen-bond donors (Lipinski definition) is 0. The topological polar surface area (TPSA) is 71.1 Å². The summed E-state index contributed by atoms with van der Waals surface area (Å²) in [5.74, 6) is 0.785. The normalized spacial score (nSPS) is 11.5. The summed E-state index contributed by atoms with van der Waals surface area (Å²) in [6.45, 7) is 5.39. The van der Waals surface area contributed by atoms with Gasteiger partial charge in [0, 0.05) is 31.0 Å². The van der Waals surface area contributed by atoms with Gasteiger partial charge in [-0.3, -0.25) is 9.59 Å². The standard InChI is InChI=1S/C17H24O6/c1-6-22-17(19)8-11(2)7-14-15(21-5)9-13(20-4)10-16(14)23-12(3)18/h9-11H,6-8H2,1-5H3. The quantitative estimate of drug-likeness (QED) is 0.541. The molecule has 1 rings (SSSR count). The van der Waals surface area contributed by atoms with Crippen LogP contribution >= 0.6 is 0 Å². The monoisotopic (exact) mass is 324 g/mol. The lowest BCUT2D eigenvalue weighted by Gasteiger charge is -2.18. The van der Waals surface area contributed by atoms with E-state index in [9.17, 15) is 9.59 Å². The molecule has 23 heavy (non-hydrogen) atoms. The van der Waals surface area contributed by atoms with Crippen molar-refractivity contribution in [2.45, 2.75) is 33.6 Å². The molecule has 0 aliphatic rings. The molecule has 0 aliphatic carbocycles.